The van der Waals surface area contributed by atoms with Crippen LogP contribution in [0, 0.1) is 0 Å². The van der Waals surface area contributed by atoms with Crippen LogP contribution in [0.3, 0.4) is 0 Å². The fourth-order valence-electron chi connectivity index (χ4n) is 1.60. The zero-order chi connectivity index (χ0) is 11.8. The van der Waals surface area contributed by atoms with Crippen molar-refractivity contribution in [1.82, 2.24) is 15.5 Å². The van der Waals surface area contributed by atoms with E-state index in [9.17, 15) is 4.79 Å². The molecule has 0 spiro atoms. The number of nitrogens with zero attached hydrogens (tertiary/aromatic N) is 1. The van der Waals surface area contributed by atoms with E-state index < -0.39 is 5.60 Å². The normalized spacial score (nSPS) is 17.9. The number of aromatic nitrogens is 2. The minimum Gasteiger partial charge on any atom is -0.444 e. The lowest BCUT2D eigenvalue weighted by Gasteiger charge is -2.22. The zero-order valence-corrected chi connectivity index (χ0v) is 9.83. The Morgan fingerprint density at radius 2 is 2.25 bits per heavy atom. The molecule has 1 aliphatic rings. The molecule has 2 rings (SSSR count). The summed E-state index contributed by atoms with van der Waals surface area (Å²) in [7, 11) is 0. The molecule has 5 heteroatoms. The highest BCUT2D eigenvalue weighted by Gasteiger charge is 2.48. The van der Waals surface area contributed by atoms with E-state index in [1.54, 1.807) is 6.20 Å². The molecule has 0 bridgehead atoms. The Kier molecular flexibility index (Phi) is 2.40. The van der Waals surface area contributed by atoms with Gasteiger partial charge in [0.25, 0.3) is 0 Å². The van der Waals surface area contributed by atoms with Crippen molar-refractivity contribution in [3.63, 3.8) is 0 Å². The second-order valence-corrected chi connectivity index (χ2v) is 5.17. The summed E-state index contributed by atoms with van der Waals surface area (Å²) in [6.45, 7) is 5.54. The number of nitrogens with one attached hydrogen (secondary N) is 2. The standard InChI is InChI=1S/C11H17N3O2/c1-10(2,3)16-9(15)13-11(5-6-11)8-4-7-12-14-8/h4,7H,5-6H2,1-3H3,(H,12,14)(H,13,15). The molecule has 0 aliphatic heterocycles. The zero-order valence-electron chi connectivity index (χ0n) is 9.83. The molecule has 1 saturated carbocycles. The first-order valence-electron chi connectivity index (χ1n) is 5.43. The first-order chi connectivity index (χ1) is 7.41. The average molecular weight is 223 g/mol. The number of carbonyl (C=O) groups is 1. The average Bonchev–Trinajstić information content (AvgIpc) is 2.71. The largest absolute Gasteiger partial charge is 0.444 e. The molecular weight excluding hydrogens is 206 g/mol. The number of hydrogen-bond acceptors (Lipinski definition) is 3. The number of hydrogen-bond donors (Lipinski definition) is 2. The van der Waals surface area contributed by atoms with Crippen molar-refractivity contribution >= 4 is 6.09 Å². The molecule has 0 unspecified atom stereocenters. The smallest absolute Gasteiger partial charge is 0.408 e. The molecule has 1 fully saturated rings. The number of rotatable bonds is 2. The maximum atomic E-state index is 11.6. The first-order valence-corrected chi connectivity index (χ1v) is 5.43. The van der Waals surface area contributed by atoms with E-state index in [0.29, 0.717) is 0 Å². The quantitative estimate of drug-likeness (QED) is 0.805. The topological polar surface area (TPSA) is 67.0 Å². The predicted molar refractivity (Wildman–Crippen MR) is 58.9 cm³/mol. The lowest BCUT2D eigenvalue weighted by molar-refractivity contribution is 0.0494. The summed E-state index contributed by atoms with van der Waals surface area (Å²) in [6, 6.07) is 1.88. The maximum Gasteiger partial charge on any atom is 0.408 e. The Morgan fingerprint density at radius 3 is 2.69 bits per heavy atom. The number of aromatic amines is 1. The molecule has 1 amide bonds. The highest BCUT2D eigenvalue weighted by molar-refractivity contribution is 5.69. The van der Waals surface area contributed by atoms with Gasteiger partial charge in [-0.05, 0) is 39.7 Å². The van der Waals surface area contributed by atoms with Crippen molar-refractivity contribution < 1.29 is 9.53 Å². The molecule has 16 heavy (non-hydrogen) atoms. The van der Waals surface area contributed by atoms with Crippen molar-refractivity contribution in [1.29, 1.82) is 0 Å². The fourth-order valence-corrected chi connectivity index (χ4v) is 1.60. The van der Waals surface area contributed by atoms with Gasteiger partial charge in [0.05, 0.1) is 11.2 Å². The minimum absolute atomic E-state index is 0.303. The van der Waals surface area contributed by atoms with E-state index in [1.165, 1.54) is 0 Å². The van der Waals surface area contributed by atoms with Crippen LogP contribution >= 0.6 is 0 Å². The van der Waals surface area contributed by atoms with Crippen molar-refractivity contribution in [3.8, 4) is 0 Å². The molecule has 88 valence electrons. The maximum absolute atomic E-state index is 11.6. The van der Waals surface area contributed by atoms with Gasteiger partial charge in [-0.15, -0.1) is 0 Å². The molecule has 5 nitrogen and oxygen atoms in total. The third kappa shape index (κ3) is 2.35. The summed E-state index contributed by atoms with van der Waals surface area (Å²) >= 11 is 0. The third-order valence-electron chi connectivity index (χ3n) is 2.48. The Morgan fingerprint density at radius 1 is 1.56 bits per heavy atom. The number of alkyl carbamates (subject to hydrolysis) is 1. The van der Waals surface area contributed by atoms with Crippen LogP contribution in [0.4, 0.5) is 4.79 Å². The first kappa shape index (κ1) is 11.0. The van der Waals surface area contributed by atoms with Gasteiger partial charge in [0.15, 0.2) is 0 Å². The Balaban J connectivity index is 1.98. The molecule has 0 aromatic carbocycles. The van der Waals surface area contributed by atoms with Gasteiger partial charge in [-0.1, -0.05) is 0 Å². The van der Waals surface area contributed by atoms with Gasteiger partial charge in [0, 0.05) is 6.20 Å². The minimum atomic E-state index is -0.467. The monoisotopic (exact) mass is 223 g/mol. The molecule has 0 atom stereocenters. The second kappa shape index (κ2) is 3.50. The molecule has 0 saturated heterocycles. The van der Waals surface area contributed by atoms with Gasteiger partial charge < -0.3 is 10.1 Å². The number of H-pyrrole nitrogens is 1. The van der Waals surface area contributed by atoms with Gasteiger partial charge >= 0.3 is 6.09 Å². The number of ether oxygens (including phenoxy) is 1. The third-order valence-corrected chi connectivity index (χ3v) is 2.48. The van der Waals surface area contributed by atoms with Crippen molar-refractivity contribution in [2.75, 3.05) is 0 Å². The van der Waals surface area contributed by atoms with Crippen LogP contribution < -0.4 is 5.32 Å². The molecule has 1 heterocycles. The summed E-state index contributed by atoms with van der Waals surface area (Å²) in [4.78, 5) is 11.6. The van der Waals surface area contributed by atoms with Gasteiger partial charge in [-0.3, -0.25) is 5.10 Å². The molecule has 0 radical (unpaired) electrons. The van der Waals surface area contributed by atoms with Gasteiger partial charge in [-0.2, -0.15) is 5.10 Å². The van der Waals surface area contributed by atoms with Crippen LogP contribution in [-0.4, -0.2) is 21.9 Å². The SMILES string of the molecule is CC(C)(C)OC(=O)NC1(c2cc[nH]n2)CC1. The molecule has 1 aromatic heterocycles. The van der Waals surface area contributed by atoms with Crippen LogP contribution in [-0.2, 0) is 10.3 Å². The Hall–Kier alpha value is -1.52. The molecule has 1 aromatic rings. The van der Waals surface area contributed by atoms with Crippen LogP contribution in [0.1, 0.15) is 39.3 Å². The van der Waals surface area contributed by atoms with Gasteiger partial charge in [-0.25, -0.2) is 4.79 Å². The van der Waals surface area contributed by atoms with E-state index in [-0.39, 0.29) is 11.6 Å². The van der Waals surface area contributed by atoms with E-state index in [4.69, 9.17) is 4.74 Å². The molecular formula is C11H17N3O2. The molecule has 2 N–H and O–H groups in total. The molecule has 1 aliphatic carbocycles. The van der Waals surface area contributed by atoms with Crippen LogP contribution in [0.5, 0.6) is 0 Å². The summed E-state index contributed by atoms with van der Waals surface area (Å²) in [6.07, 6.45) is 3.20. The highest BCUT2D eigenvalue weighted by atomic mass is 16.6. The lowest BCUT2D eigenvalue weighted by atomic mass is 10.2. The van der Waals surface area contributed by atoms with Crippen molar-refractivity contribution in [3.05, 3.63) is 18.0 Å². The van der Waals surface area contributed by atoms with E-state index in [1.807, 2.05) is 26.8 Å². The van der Waals surface area contributed by atoms with Crippen LogP contribution in [0.25, 0.3) is 0 Å². The van der Waals surface area contributed by atoms with Crippen LogP contribution in [0.2, 0.25) is 0 Å². The van der Waals surface area contributed by atoms with E-state index >= 15 is 0 Å². The van der Waals surface area contributed by atoms with Gasteiger partial charge in [0.1, 0.15) is 5.60 Å². The summed E-state index contributed by atoms with van der Waals surface area (Å²) in [5, 5.41) is 9.74. The number of amides is 1. The number of carbonyl (C=O) groups excluding carboxylic acids is 1. The lowest BCUT2D eigenvalue weighted by Crippen LogP contribution is -2.39. The highest BCUT2D eigenvalue weighted by Crippen LogP contribution is 2.44. The van der Waals surface area contributed by atoms with Crippen molar-refractivity contribution in [2.45, 2.75) is 44.8 Å². The fraction of sp³-hybridized carbons (Fsp3) is 0.636. The second-order valence-electron chi connectivity index (χ2n) is 5.17. The van der Waals surface area contributed by atoms with E-state index in [0.717, 1.165) is 18.5 Å². The van der Waals surface area contributed by atoms with Crippen molar-refractivity contribution in [2.24, 2.45) is 0 Å². The summed E-state index contributed by atoms with van der Waals surface area (Å²) in [5.41, 5.74) is 0.104. The Bertz CT molecular complexity index is 374. The van der Waals surface area contributed by atoms with Gasteiger partial charge in [0.2, 0.25) is 0 Å². The summed E-state index contributed by atoms with van der Waals surface area (Å²) < 4.78 is 5.22. The predicted octanol–water partition coefficient (Wildman–Crippen LogP) is 1.92. The van der Waals surface area contributed by atoms with E-state index in [2.05, 4.69) is 15.5 Å². The summed E-state index contributed by atoms with van der Waals surface area (Å²) in [5.74, 6) is 0. The Labute approximate surface area is 94.6 Å². The van der Waals surface area contributed by atoms with Crippen LogP contribution in [0.15, 0.2) is 12.3 Å².